The van der Waals surface area contributed by atoms with Gasteiger partial charge in [0.05, 0.1) is 5.75 Å². The molecule has 1 saturated heterocycles. The van der Waals surface area contributed by atoms with Crippen LogP contribution in [0.4, 0.5) is 5.00 Å². The Morgan fingerprint density at radius 3 is 3.00 bits per heavy atom. The van der Waals surface area contributed by atoms with Crippen molar-refractivity contribution in [1.29, 1.82) is 0 Å². The lowest BCUT2D eigenvalue weighted by molar-refractivity contribution is 0.575. The summed E-state index contributed by atoms with van der Waals surface area (Å²) in [7, 11) is -3.21. The second-order valence-electron chi connectivity index (χ2n) is 3.87. The number of halogens is 1. The van der Waals surface area contributed by atoms with Gasteiger partial charge in [-0.25, -0.2) is 8.42 Å². The Morgan fingerprint density at radius 2 is 2.44 bits per heavy atom. The van der Waals surface area contributed by atoms with Gasteiger partial charge in [0, 0.05) is 9.85 Å². The number of sulfonamides is 1. The summed E-state index contributed by atoms with van der Waals surface area (Å²) in [5.41, 5.74) is 0. The SMILES string of the molecule is O=S(=O)(CC1CCNC1)Nc1cc(Br)cs1. The summed E-state index contributed by atoms with van der Waals surface area (Å²) in [6.07, 6.45) is 0.940. The molecule has 1 aromatic heterocycles. The molecule has 1 aliphatic heterocycles. The number of hydrogen-bond acceptors (Lipinski definition) is 4. The van der Waals surface area contributed by atoms with Gasteiger partial charge in [0.15, 0.2) is 0 Å². The largest absolute Gasteiger partial charge is 0.316 e. The molecule has 0 bridgehead atoms. The third-order valence-corrected chi connectivity index (χ3v) is 5.62. The monoisotopic (exact) mass is 324 g/mol. The molecule has 1 unspecified atom stereocenters. The molecule has 2 heterocycles. The Kier molecular flexibility index (Phi) is 3.89. The van der Waals surface area contributed by atoms with E-state index >= 15 is 0 Å². The summed E-state index contributed by atoms with van der Waals surface area (Å²) in [5, 5.41) is 5.69. The van der Waals surface area contributed by atoms with E-state index in [1.807, 2.05) is 5.38 Å². The quantitative estimate of drug-likeness (QED) is 0.888. The molecule has 1 atom stereocenters. The van der Waals surface area contributed by atoms with Crippen molar-refractivity contribution in [3.05, 3.63) is 15.9 Å². The van der Waals surface area contributed by atoms with Crippen LogP contribution in [0.15, 0.2) is 15.9 Å². The van der Waals surface area contributed by atoms with Crippen molar-refractivity contribution in [2.24, 2.45) is 5.92 Å². The fraction of sp³-hybridized carbons (Fsp3) is 0.556. The Balaban J connectivity index is 1.96. The summed E-state index contributed by atoms with van der Waals surface area (Å²) in [6.45, 7) is 1.72. The molecule has 2 N–H and O–H groups in total. The number of hydrogen-bond donors (Lipinski definition) is 2. The van der Waals surface area contributed by atoms with Gasteiger partial charge in [-0.1, -0.05) is 0 Å². The molecule has 0 spiro atoms. The maximum atomic E-state index is 11.8. The van der Waals surface area contributed by atoms with Crippen LogP contribution in [-0.2, 0) is 10.0 Å². The van der Waals surface area contributed by atoms with E-state index in [-0.39, 0.29) is 11.7 Å². The summed E-state index contributed by atoms with van der Waals surface area (Å²) in [4.78, 5) is 0. The molecular formula is C9H13BrN2O2S2. The van der Waals surface area contributed by atoms with E-state index in [1.54, 1.807) is 6.07 Å². The highest BCUT2D eigenvalue weighted by Gasteiger charge is 2.22. The van der Waals surface area contributed by atoms with Crippen molar-refractivity contribution in [2.75, 3.05) is 23.6 Å². The zero-order valence-electron chi connectivity index (χ0n) is 8.57. The van der Waals surface area contributed by atoms with Crippen molar-refractivity contribution in [2.45, 2.75) is 6.42 Å². The smallest absolute Gasteiger partial charge is 0.233 e. The summed E-state index contributed by atoms with van der Waals surface area (Å²) in [6, 6.07) is 1.77. The normalized spacial score (nSPS) is 21.2. The first-order valence-electron chi connectivity index (χ1n) is 5.00. The van der Waals surface area contributed by atoms with Crippen LogP contribution in [-0.4, -0.2) is 27.3 Å². The van der Waals surface area contributed by atoms with Crippen molar-refractivity contribution in [3.63, 3.8) is 0 Å². The average Bonchev–Trinajstić information content (AvgIpc) is 2.76. The Bertz CT molecular complexity index is 452. The summed E-state index contributed by atoms with van der Waals surface area (Å²) < 4.78 is 27.1. The Labute approximate surface area is 108 Å². The molecule has 0 radical (unpaired) electrons. The van der Waals surface area contributed by atoms with E-state index < -0.39 is 10.0 Å². The first-order valence-corrected chi connectivity index (χ1v) is 8.33. The molecule has 0 amide bonds. The molecular weight excluding hydrogens is 312 g/mol. The summed E-state index contributed by atoms with van der Waals surface area (Å²) >= 11 is 4.68. The summed E-state index contributed by atoms with van der Waals surface area (Å²) in [5.74, 6) is 0.441. The van der Waals surface area contributed by atoms with E-state index in [0.29, 0.717) is 5.00 Å². The standard InChI is InChI=1S/C9H13BrN2O2S2/c10-8-3-9(15-5-8)12-16(13,14)6-7-1-2-11-4-7/h3,5,7,11-12H,1-2,4,6H2. The zero-order chi connectivity index (χ0) is 11.6. The lowest BCUT2D eigenvalue weighted by Gasteiger charge is -2.09. The molecule has 16 heavy (non-hydrogen) atoms. The molecule has 0 saturated carbocycles. The molecule has 0 aliphatic carbocycles. The Morgan fingerprint density at radius 1 is 1.62 bits per heavy atom. The van der Waals surface area contributed by atoms with Crippen molar-refractivity contribution < 1.29 is 8.42 Å². The van der Waals surface area contributed by atoms with Crippen LogP contribution in [0.25, 0.3) is 0 Å². The second-order valence-corrected chi connectivity index (χ2v) is 7.47. The van der Waals surface area contributed by atoms with E-state index in [1.165, 1.54) is 11.3 Å². The van der Waals surface area contributed by atoms with Gasteiger partial charge in [-0.3, -0.25) is 4.72 Å². The second kappa shape index (κ2) is 5.03. The van der Waals surface area contributed by atoms with Crippen molar-refractivity contribution >= 4 is 42.3 Å². The minimum atomic E-state index is -3.21. The molecule has 1 aromatic rings. The topological polar surface area (TPSA) is 58.2 Å². The fourth-order valence-electron chi connectivity index (χ4n) is 1.73. The van der Waals surface area contributed by atoms with Crippen LogP contribution in [0.2, 0.25) is 0 Å². The molecule has 2 rings (SSSR count). The Hall–Kier alpha value is -0.110. The van der Waals surface area contributed by atoms with Crippen LogP contribution >= 0.6 is 27.3 Å². The van der Waals surface area contributed by atoms with Gasteiger partial charge in [0.2, 0.25) is 10.0 Å². The highest BCUT2D eigenvalue weighted by molar-refractivity contribution is 9.10. The maximum absolute atomic E-state index is 11.8. The van der Waals surface area contributed by atoms with Crippen molar-refractivity contribution in [3.8, 4) is 0 Å². The molecule has 4 nitrogen and oxygen atoms in total. The van der Waals surface area contributed by atoms with E-state index in [2.05, 4.69) is 26.0 Å². The van der Waals surface area contributed by atoms with E-state index in [4.69, 9.17) is 0 Å². The minimum Gasteiger partial charge on any atom is -0.316 e. The van der Waals surface area contributed by atoms with Gasteiger partial charge in [0.1, 0.15) is 5.00 Å². The predicted molar refractivity (Wildman–Crippen MR) is 70.4 cm³/mol. The van der Waals surface area contributed by atoms with Crippen LogP contribution in [0, 0.1) is 5.92 Å². The molecule has 0 aromatic carbocycles. The van der Waals surface area contributed by atoms with E-state index in [0.717, 1.165) is 24.0 Å². The molecule has 90 valence electrons. The maximum Gasteiger partial charge on any atom is 0.233 e. The number of anilines is 1. The highest BCUT2D eigenvalue weighted by Crippen LogP contribution is 2.25. The van der Waals surface area contributed by atoms with Gasteiger partial charge >= 0.3 is 0 Å². The van der Waals surface area contributed by atoms with Crippen LogP contribution in [0.5, 0.6) is 0 Å². The van der Waals surface area contributed by atoms with Crippen LogP contribution in [0.1, 0.15) is 6.42 Å². The van der Waals surface area contributed by atoms with Crippen LogP contribution in [0.3, 0.4) is 0 Å². The third-order valence-electron chi connectivity index (χ3n) is 2.44. The van der Waals surface area contributed by atoms with Gasteiger partial charge in [-0.2, -0.15) is 0 Å². The van der Waals surface area contributed by atoms with E-state index in [9.17, 15) is 8.42 Å². The number of thiophene rings is 1. The minimum absolute atomic E-state index is 0.204. The van der Waals surface area contributed by atoms with Crippen LogP contribution < -0.4 is 10.0 Å². The number of rotatable bonds is 4. The van der Waals surface area contributed by atoms with Gasteiger partial charge in [-0.15, -0.1) is 11.3 Å². The zero-order valence-corrected chi connectivity index (χ0v) is 11.8. The molecule has 1 aliphatic rings. The molecule has 1 fully saturated rings. The first kappa shape index (κ1) is 12.3. The number of nitrogens with one attached hydrogen (secondary N) is 2. The van der Waals surface area contributed by atoms with Gasteiger partial charge in [0.25, 0.3) is 0 Å². The van der Waals surface area contributed by atoms with Crippen molar-refractivity contribution in [1.82, 2.24) is 5.32 Å². The third kappa shape index (κ3) is 3.44. The fourth-order valence-corrected chi connectivity index (χ4v) is 4.82. The molecule has 7 heteroatoms. The lowest BCUT2D eigenvalue weighted by Crippen LogP contribution is -2.23. The van der Waals surface area contributed by atoms with Gasteiger partial charge < -0.3 is 5.32 Å². The lowest BCUT2D eigenvalue weighted by atomic mass is 10.2. The predicted octanol–water partition coefficient (Wildman–Crippen LogP) is 1.86. The van der Waals surface area contributed by atoms with Gasteiger partial charge in [-0.05, 0) is 47.4 Å². The average molecular weight is 325 g/mol. The first-order chi connectivity index (χ1) is 7.55. The highest BCUT2D eigenvalue weighted by atomic mass is 79.9.